The van der Waals surface area contributed by atoms with Gasteiger partial charge in [0.2, 0.25) is 5.91 Å². The molecule has 2 rings (SSSR count). The maximum atomic E-state index is 11.9. The maximum Gasteiger partial charge on any atom is 0.322 e. The zero-order valence-electron chi connectivity index (χ0n) is 11.8. The minimum Gasteiger partial charge on any atom is -0.480 e. The number of amides is 2. The molecule has 0 saturated heterocycles. The second-order valence-corrected chi connectivity index (χ2v) is 4.97. The Labute approximate surface area is 136 Å². The van der Waals surface area contributed by atoms with Crippen molar-refractivity contribution in [3.63, 3.8) is 0 Å². The van der Waals surface area contributed by atoms with Gasteiger partial charge in [0.1, 0.15) is 6.54 Å². The molecule has 8 heteroatoms. The van der Waals surface area contributed by atoms with Gasteiger partial charge in [-0.2, -0.15) is 0 Å². The van der Waals surface area contributed by atoms with Crippen LogP contribution in [-0.4, -0.2) is 29.4 Å². The summed E-state index contributed by atoms with van der Waals surface area (Å²) < 4.78 is 4.99. The van der Waals surface area contributed by atoms with E-state index in [1.54, 1.807) is 24.3 Å². The van der Waals surface area contributed by atoms with Crippen LogP contribution >= 0.6 is 11.6 Å². The summed E-state index contributed by atoms with van der Waals surface area (Å²) in [5.74, 6) is -1.85. The predicted octanol–water partition coefficient (Wildman–Crippen LogP) is 1.93. The van der Waals surface area contributed by atoms with E-state index in [1.807, 2.05) is 0 Å². The molecule has 23 heavy (non-hydrogen) atoms. The molecule has 0 fully saturated rings. The summed E-state index contributed by atoms with van der Waals surface area (Å²) in [5, 5.41) is 13.5. The minimum atomic E-state index is -1.10. The lowest BCUT2D eigenvalue weighted by Gasteiger charge is -2.06. The summed E-state index contributed by atoms with van der Waals surface area (Å²) in [6, 6.07) is 9.49. The number of rotatable bonds is 6. The van der Waals surface area contributed by atoms with E-state index in [-0.39, 0.29) is 17.4 Å². The van der Waals surface area contributed by atoms with Crippen LogP contribution in [0.3, 0.4) is 0 Å². The second-order valence-electron chi connectivity index (χ2n) is 4.60. The first-order chi connectivity index (χ1) is 10.9. The van der Waals surface area contributed by atoms with Gasteiger partial charge in [0.05, 0.1) is 6.42 Å². The van der Waals surface area contributed by atoms with Gasteiger partial charge in [-0.25, -0.2) is 0 Å². The largest absolute Gasteiger partial charge is 0.480 e. The number of hydrogen-bond acceptors (Lipinski definition) is 4. The Kier molecular flexibility index (Phi) is 5.37. The topological polar surface area (TPSA) is 109 Å². The number of anilines is 1. The lowest BCUT2D eigenvalue weighted by Crippen LogP contribution is -2.30. The molecular formula is C15H13ClN2O5. The van der Waals surface area contributed by atoms with Crippen molar-refractivity contribution < 1.29 is 23.9 Å². The highest BCUT2D eigenvalue weighted by Gasteiger charge is 2.11. The molecule has 7 nitrogen and oxygen atoms in total. The summed E-state index contributed by atoms with van der Waals surface area (Å²) in [5.41, 5.74) is 1.21. The van der Waals surface area contributed by atoms with Crippen molar-refractivity contribution in [1.29, 1.82) is 0 Å². The van der Waals surface area contributed by atoms with Crippen LogP contribution in [0.1, 0.15) is 16.1 Å². The number of carboxylic acid groups (broad SMARTS) is 1. The van der Waals surface area contributed by atoms with Crippen LogP contribution in [0, 0.1) is 0 Å². The van der Waals surface area contributed by atoms with Crippen molar-refractivity contribution in [2.75, 3.05) is 11.9 Å². The van der Waals surface area contributed by atoms with E-state index in [2.05, 4.69) is 10.6 Å². The molecule has 0 aliphatic heterocycles. The van der Waals surface area contributed by atoms with Crippen LogP contribution in [0.25, 0.3) is 0 Å². The van der Waals surface area contributed by atoms with E-state index in [9.17, 15) is 14.4 Å². The molecule has 120 valence electrons. The fraction of sp³-hybridized carbons (Fsp3) is 0.133. The third-order valence-corrected chi connectivity index (χ3v) is 3.01. The fourth-order valence-corrected chi connectivity index (χ4v) is 1.90. The zero-order valence-corrected chi connectivity index (χ0v) is 12.6. The van der Waals surface area contributed by atoms with Crippen molar-refractivity contribution in [1.82, 2.24) is 5.32 Å². The van der Waals surface area contributed by atoms with Crippen molar-refractivity contribution in [2.45, 2.75) is 6.42 Å². The van der Waals surface area contributed by atoms with Crippen LogP contribution < -0.4 is 10.6 Å². The molecule has 0 radical (unpaired) electrons. The number of nitrogens with one attached hydrogen (secondary N) is 2. The van der Waals surface area contributed by atoms with Crippen molar-refractivity contribution in [3.05, 3.63) is 52.9 Å². The Morgan fingerprint density at radius 2 is 1.78 bits per heavy atom. The first-order valence-electron chi connectivity index (χ1n) is 6.58. The highest BCUT2D eigenvalue weighted by atomic mass is 35.5. The third-order valence-electron chi connectivity index (χ3n) is 2.81. The quantitative estimate of drug-likeness (QED) is 0.746. The van der Waals surface area contributed by atoms with Crippen LogP contribution in [0.4, 0.5) is 5.69 Å². The Balaban J connectivity index is 1.90. The Morgan fingerprint density at radius 3 is 2.35 bits per heavy atom. The Hall–Kier alpha value is -2.80. The molecule has 0 unspecified atom stereocenters. The zero-order chi connectivity index (χ0) is 16.8. The molecule has 2 aromatic rings. The predicted molar refractivity (Wildman–Crippen MR) is 82.5 cm³/mol. The maximum absolute atomic E-state index is 11.9. The monoisotopic (exact) mass is 336 g/mol. The molecule has 1 aromatic carbocycles. The average molecular weight is 337 g/mol. The smallest absolute Gasteiger partial charge is 0.322 e. The van der Waals surface area contributed by atoms with Gasteiger partial charge in [0, 0.05) is 5.69 Å². The summed E-state index contributed by atoms with van der Waals surface area (Å²) in [7, 11) is 0. The van der Waals surface area contributed by atoms with Crippen molar-refractivity contribution in [3.8, 4) is 0 Å². The summed E-state index contributed by atoms with van der Waals surface area (Å²) in [4.78, 5) is 33.7. The van der Waals surface area contributed by atoms with Gasteiger partial charge < -0.3 is 20.2 Å². The highest BCUT2D eigenvalue weighted by molar-refractivity contribution is 6.29. The fourth-order valence-electron chi connectivity index (χ4n) is 1.76. The molecule has 0 atom stereocenters. The number of halogens is 1. The average Bonchev–Trinajstić information content (AvgIpc) is 2.94. The number of aliphatic carboxylic acids is 1. The molecular weight excluding hydrogens is 324 g/mol. The highest BCUT2D eigenvalue weighted by Crippen LogP contribution is 2.16. The lowest BCUT2D eigenvalue weighted by atomic mass is 10.1. The number of carbonyl (C=O) groups excluding carboxylic acids is 2. The molecule has 1 aromatic heterocycles. The molecule has 0 spiro atoms. The lowest BCUT2D eigenvalue weighted by molar-refractivity contribution is -0.137. The van der Waals surface area contributed by atoms with Gasteiger partial charge in [-0.3, -0.25) is 14.4 Å². The number of carboxylic acids is 1. The van der Waals surface area contributed by atoms with Crippen LogP contribution in [-0.2, 0) is 16.0 Å². The number of hydrogen-bond donors (Lipinski definition) is 3. The standard InChI is InChI=1S/C15H13ClN2O5/c16-12-6-5-11(23-12)15(22)18-10-3-1-9(2-4-10)7-13(19)17-8-14(20)21/h1-6H,7-8H2,(H,17,19)(H,18,22)(H,20,21). The SMILES string of the molecule is O=C(O)CNC(=O)Cc1ccc(NC(=O)c2ccc(Cl)o2)cc1. The van der Waals surface area contributed by atoms with Crippen LogP contribution in [0.15, 0.2) is 40.8 Å². The van der Waals surface area contributed by atoms with E-state index < -0.39 is 24.3 Å². The van der Waals surface area contributed by atoms with E-state index in [0.717, 1.165) is 0 Å². The molecule has 1 heterocycles. The van der Waals surface area contributed by atoms with Gasteiger partial charge in [-0.15, -0.1) is 0 Å². The molecule has 2 amide bonds. The van der Waals surface area contributed by atoms with Crippen molar-refractivity contribution in [2.24, 2.45) is 0 Å². The summed E-state index contributed by atoms with van der Waals surface area (Å²) in [6.07, 6.45) is 0.0509. The first-order valence-corrected chi connectivity index (χ1v) is 6.96. The van der Waals surface area contributed by atoms with Gasteiger partial charge in [-0.1, -0.05) is 12.1 Å². The summed E-state index contributed by atoms with van der Waals surface area (Å²) in [6.45, 7) is -0.418. The third kappa shape index (κ3) is 5.15. The number of carbonyl (C=O) groups is 3. The molecule has 0 aliphatic carbocycles. The van der Waals surface area contributed by atoms with Crippen LogP contribution in [0.5, 0.6) is 0 Å². The second kappa shape index (κ2) is 7.46. The van der Waals surface area contributed by atoms with Gasteiger partial charge in [0.15, 0.2) is 11.0 Å². The first kappa shape index (κ1) is 16.6. The number of benzene rings is 1. The van der Waals surface area contributed by atoms with E-state index in [0.29, 0.717) is 11.3 Å². The molecule has 0 aliphatic rings. The van der Waals surface area contributed by atoms with E-state index >= 15 is 0 Å². The van der Waals surface area contributed by atoms with Crippen LogP contribution in [0.2, 0.25) is 5.22 Å². The van der Waals surface area contributed by atoms with Gasteiger partial charge in [-0.05, 0) is 41.4 Å². The Morgan fingerprint density at radius 1 is 1.09 bits per heavy atom. The van der Waals surface area contributed by atoms with E-state index in [4.69, 9.17) is 21.1 Å². The van der Waals surface area contributed by atoms with Crippen molar-refractivity contribution >= 4 is 35.1 Å². The normalized spacial score (nSPS) is 10.1. The van der Waals surface area contributed by atoms with E-state index in [1.165, 1.54) is 12.1 Å². The molecule has 3 N–H and O–H groups in total. The van der Waals surface area contributed by atoms with Gasteiger partial charge in [0.25, 0.3) is 5.91 Å². The minimum absolute atomic E-state index is 0.0509. The summed E-state index contributed by atoms with van der Waals surface area (Å²) >= 11 is 5.60. The number of furan rings is 1. The Bertz CT molecular complexity index is 724. The van der Waals surface area contributed by atoms with Gasteiger partial charge >= 0.3 is 5.97 Å². The molecule has 0 bridgehead atoms. The molecule has 0 saturated carbocycles.